The summed E-state index contributed by atoms with van der Waals surface area (Å²) in [4.78, 5) is 12.2. The van der Waals surface area contributed by atoms with Crippen molar-refractivity contribution in [1.82, 2.24) is 5.32 Å². The molecule has 0 atom stereocenters. The Balaban J connectivity index is 2.11. The highest BCUT2D eigenvalue weighted by Gasteiger charge is 2.11. The average Bonchev–Trinajstić information content (AvgIpc) is 2.46. The number of hydrazine groups is 1. The number of carbonyl (C=O) groups is 1. The highest BCUT2D eigenvalue weighted by molar-refractivity contribution is 5.99. The van der Waals surface area contributed by atoms with Gasteiger partial charge in [-0.3, -0.25) is 10.6 Å². The van der Waals surface area contributed by atoms with E-state index in [0.717, 1.165) is 16.7 Å². The van der Waals surface area contributed by atoms with Crippen LogP contribution in [0.1, 0.15) is 27.0 Å². The zero-order chi connectivity index (χ0) is 14.5. The van der Waals surface area contributed by atoms with E-state index < -0.39 is 0 Å². The lowest BCUT2D eigenvalue weighted by molar-refractivity contribution is 0.0951. The van der Waals surface area contributed by atoms with Crippen molar-refractivity contribution in [3.63, 3.8) is 0 Å². The second-order valence-corrected chi connectivity index (χ2v) is 4.80. The van der Waals surface area contributed by atoms with Gasteiger partial charge in [-0.15, -0.1) is 0 Å². The molecule has 4 N–H and O–H groups in total. The lowest BCUT2D eigenvalue weighted by atomic mass is 10.1. The van der Waals surface area contributed by atoms with Crippen LogP contribution in [-0.4, -0.2) is 5.91 Å². The van der Waals surface area contributed by atoms with Crippen molar-refractivity contribution in [1.29, 1.82) is 0 Å². The molecule has 0 aromatic heterocycles. The molecule has 2 aromatic rings. The van der Waals surface area contributed by atoms with Crippen molar-refractivity contribution in [3.8, 4) is 0 Å². The van der Waals surface area contributed by atoms with Gasteiger partial charge < -0.3 is 10.7 Å². The molecule has 0 unspecified atom stereocenters. The number of carbonyl (C=O) groups excluding carboxylic acids is 1. The lowest BCUT2D eigenvalue weighted by Gasteiger charge is -2.11. The van der Waals surface area contributed by atoms with Gasteiger partial charge in [-0.2, -0.15) is 0 Å². The van der Waals surface area contributed by atoms with Gasteiger partial charge in [0.25, 0.3) is 5.91 Å². The second kappa shape index (κ2) is 6.21. The number of nitrogens with one attached hydrogen (secondary N) is 2. The third-order valence-electron chi connectivity index (χ3n) is 3.28. The molecule has 4 nitrogen and oxygen atoms in total. The van der Waals surface area contributed by atoms with Gasteiger partial charge in [0.1, 0.15) is 0 Å². The maximum absolute atomic E-state index is 12.2. The third kappa shape index (κ3) is 3.16. The molecular weight excluding hydrogens is 250 g/mol. The van der Waals surface area contributed by atoms with Crippen LogP contribution in [0.5, 0.6) is 0 Å². The normalized spacial score (nSPS) is 10.2. The zero-order valence-electron chi connectivity index (χ0n) is 11.7. The van der Waals surface area contributed by atoms with Crippen LogP contribution >= 0.6 is 0 Å². The van der Waals surface area contributed by atoms with E-state index >= 15 is 0 Å². The molecule has 0 bridgehead atoms. The van der Waals surface area contributed by atoms with Gasteiger partial charge in [0, 0.05) is 6.54 Å². The number of aryl methyl sites for hydroxylation is 2. The summed E-state index contributed by atoms with van der Waals surface area (Å²) in [6.45, 7) is 4.49. The molecule has 0 spiro atoms. The first kappa shape index (κ1) is 14.1. The molecule has 2 aromatic carbocycles. The first-order chi connectivity index (χ1) is 9.61. The molecule has 0 aliphatic carbocycles. The fourth-order valence-electron chi connectivity index (χ4n) is 2.05. The van der Waals surface area contributed by atoms with E-state index in [0.29, 0.717) is 17.8 Å². The number of anilines is 1. The maximum Gasteiger partial charge on any atom is 0.253 e. The highest BCUT2D eigenvalue weighted by Crippen LogP contribution is 2.16. The Labute approximate surface area is 119 Å². The van der Waals surface area contributed by atoms with Crippen molar-refractivity contribution < 1.29 is 4.79 Å². The predicted octanol–water partition coefficient (Wildman–Crippen LogP) is 2.52. The quantitative estimate of drug-likeness (QED) is 0.590. The Kier molecular flexibility index (Phi) is 4.38. The van der Waals surface area contributed by atoms with Crippen LogP contribution < -0.4 is 16.6 Å². The molecular formula is C16H19N3O. The van der Waals surface area contributed by atoms with Crippen LogP contribution in [0, 0.1) is 13.8 Å². The fraction of sp³-hybridized carbons (Fsp3) is 0.188. The average molecular weight is 269 g/mol. The molecule has 0 saturated heterocycles. The van der Waals surface area contributed by atoms with Crippen LogP contribution in [-0.2, 0) is 6.54 Å². The van der Waals surface area contributed by atoms with Crippen LogP contribution in [0.4, 0.5) is 5.69 Å². The van der Waals surface area contributed by atoms with Crippen LogP contribution in [0.3, 0.4) is 0 Å². The second-order valence-electron chi connectivity index (χ2n) is 4.80. The van der Waals surface area contributed by atoms with Gasteiger partial charge in [0.2, 0.25) is 0 Å². The predicted molar refractivity (Wildman–Crippen MR) is 81.3 cm³/mol. The standard InChI is InChI=1S/C16H19N3O/c1-11-7-8-14(15(9-11)19-17)16(20)18-10-13-6-4-3-5-12(13)2/h3-9,19H,10,17H2,1-2H3,(H,18,20). The number of nitrogen functional groups attached to an aromatic ring is 1. The minimum atomic E-state index is -0.138. The fourth-order valence-corrected chi connectivity index (χ4v) is 2.05. The van der Waals surface area contributed by atoms with Gasteiger partial charge in [0.15, 0.2) is 0 Å². The van der Waals surface area contributed by atoms with Gasteiger partial charge in [0.05, 0.1) is 11.3 Å². The minimum Gasteiger partial charge on any atom is -0.348 e. The van der Waals surface area contributed by atoms with Crippen molar-refractivity contribution in [2.24, 2.45) is 5.84 Å². The molecule has 1 amide bonds. The van der Waals surface area contributed by atoms with Crippen LogP contribution in [0.15, 0.2) is 42.5 Å². The molecule has 0 fully saturated rings. The van der Waals surface area contributed by atoms with Crippen LogP contribution in [0.25, 0.3) is 0 Å². The molecule has 0 radical (unpaired) electrons. The summed E-state index contributed by atoms with van der Waals surface area (Å²) < 4.78 is 0. The molecule has 0 saturated carbocycles. The summed E-state index contributed by atoms with van der Waals surface area (Å²) in [7, 11) is 0. The van der Waals surface area contributed by atoms with Crippen molar-refractivity contribution in [2.75, 3.05) is 5.43 Å². The molecule has 2 rings (SSSR count). The number of rotatable bonds is 4. The summed E-state index contributed by atoms with van der Waals surface area (Å²) in [6.07, 6.45) is 0. The topological polar surface area (TPSA) is 67.2 Å². The molecule has 0 aliphatic rings. The van der Waals surface area contributed by atoms with Gasteiger partial charge in [-0.05, 0) is 42.7 Å². The Bertz CT molecular complexity index is 623. The molecule has 0 heterocycles. The van der Waals surface area contributed by atoms with E-state index in [1.165, 1.54) is 0 Å². The van der Waals surface area contributed by atoms with E-state index in [1.54, 1.807) is 6.07 Å². The molecule has 104 valence electrons. The Hall–Kier alpha value is -2.33. The van der Waals surface area contributed by atoms with E-state index in [-0.39, 0.29) is 5.91 Å². The first-order valence-electron chi connectivity index (χ1n) is 6.52. The Morgan fingerprint density at radius 1 is 1.15 bits per heavy atom. The smallest absolute Gasteiger partial charge is 0.253 e. The summed E-state index contributed by atoms with van der Waals surface area (Å²) in [5, 5.41) is 2.92. The monoisotopic (exact) mass is 269 g/mol. The molecule has 4 heteroatoms. The number of hydrogen-bond donors (Lipinski definition) is 3. The van der Waals surface area contributed by atoms with E-state index in [9.17, 15) is 4.79 Å². The van der Waals surface area contributed by atoms with Gasteiger partial charge in [-0.25, -0.2) is 0 Å². The first-order valence-corrected chi connectivity index (χ1v) is 6.52. The number of benzene rings is 2. The Morgan fingerprint density at radius 3 is 2.60 bits per heavy atom. The van der Waals surface area contributed by atoms with Crippen molar-refractivity contribution in [3.05, 3.63) is 64.7 Å². The number of nitrogens with two attached hydrogens (primary N) is 1. The molecule has 0 aliphatic heterocycles. The number of amides is 1. The lowest BCUT2D eigenvalue weighted by Crippen LogP contribution is -2.25. The minimum absolute atomic E-state index is 0.138. The summed E-state index contributed by atoms with van der Waals surface area (Å²) in [6, 6.07) is 13.5. The van der Waals surface area contributed by atoms with Crippen molar-refractivity contribution >= 4 is 11.6 Å². The van der Waals surface area contributed by atoms with E-state index in [1.807, 2.05) is 50.2 Å². The zero-order valence-corrected chi connectivity index (χ0v) is 11.7. The van der Waals surface area contributed by atoms with Crippen molar-refractivity contribution in [2.45, 2.75) is 20.4 Å². The van der Waals surface area contributed by atoms with Crippen LogP contribution in [0.2, 0.25) is 0 Å². The summed E-state index contributed by atoms with van der Waals surface area (Å²) in [5.41, 5.74) is 7.06. The van der Waals surface area contributed by atoms with Gasteiger partial charge in [-0.1, -0.05) is 30.3 Å². The largest absolute Gasteiger partial charge is 0.348 e. The Morgan fingerprint density at radius 2 is 1.90 bits per heavy atom. The van der Waals surface area contributed by atoms with Gasteiger partial charge >= 0.3 is 0 Å². The van der Waals surface area contributed by atoms with E-state index in [2.05, 4.69) is 10.7 Å². The summed E-state index contributed by atoms with van der Waals surface area (Å²) in [5.74, 6) is 5.32. The van der Waals surface area contributed by atoms with E-state index in [4.69, 9.17) is 5.84 Å². The summed E-state index contributed by atoms with van der Waals surface area (Å²) >= 11 is 0. The maximum atomic E-state index is 12.2. The highest BCUT2D eigenvalue weighted by atomic mass is 16.1. The SMILES string of the molecule is Cc1ccc(C(=O)NCc2ccccc2C)c(NN)c1. The number of hydrogen-bond acceptors (Lipinski definition) is 3. The molecule has 20 heavy (non-hydrogen) atoms. The third-order valence-corrected chi connectivity index (χ3v) is 3.28.